The Balaban J connectivity index is 1.70. The number of benzene rings is 1. The number of aromatic hydroxyl groups is 1. The van der Waals surface area contributed by atoms with E-state index in [4.69, 9.17) is 4.74 Å². The summed E-state index contributed by atoms with van der Waals surface area (Å²) in [7, 11) is 1.49. The Kier molecular flexibility index (Phi) is 7.94. The van der Waals surface area contributed by atoms with E-state index in [1.54, 1.807) is 29.3 Å². The summed E-state index contributed by atoms with van der Waals surface area (Å²) in [5, 5.41) is 13.4. The zero-order chi connectivity index (χ0) is 25.7. The quantitative estimate of drug-likeness (QED) is 0.416. The fraction of sp³-hybridized carbons (Fsp3) is 0.385. The molecule has 2 amide bonds. The normalized spacial score (nSPS) is 13.5. The minimum absolute atomic E-state index is 0.0966. The number of carbonyl (C=O) groups is 2. The van der Waals surface area contributed by atoms with Crippen molar-refractivity contribution in [1.82, 2.24) is 19.8 Å². The van der Waals surface area contributed by atoms with Gasteiger partial charge in [0.25, 0.3) is 11.5 Å². The molecular formula is C26H29FN4O5. The maximum absolute atomic E-state index is 13.4. The molecule has 190 valence electrons. The predicted molar refractivity (Wildman–Crippen MR) is 132 cm³/mol. The van der Waals surface area contributed by atoms with Crippen molar-refractivity contribution >= 4 is 22.8 Å². The molecule has 0 aliphatic carbocycles. The molecule has 1 aliphatic rings. The highest BCUT2D eigenvalue weighted by molar-refractivity contribution is 6.01. The van der Waals surface area contributed by atoms with Crippen molar-refractivity contribution in [2.75, 3.05) is 33.4 Å². The summed E-state index contributed by atoms with van der Waals surface area (Å²) in [6, 6.07) is 7.84. The summed E-state index contributed by atoms with van der Waals surface area (Å²) >= 11 is 0. The average Bonchev–Trinajstić information content (AvgIpc) is 3.27. The van der Waals surface area contributed by atoms with Gasteiger partial charge in [0.05, 0.1) is 12.1 Å². The fourth-order valence-electron chi connectivity index (χ4n) is 4.42. The Bertz CT molecular complexity index is 1320. The van der Waals surface area contributed by atoms with Gasteiger partial charge in [0.2, 0.25) is 5.91 Å². The molecule has 2 N–H and O–H groups in total. The van der Waals surface area contributed by atoms with Gasteiger partial charge in [-0.1, -0.05) is 12.1 Å². The number of carbonyl (C=O) groups excluding carboxylic acids is 2. The van der Waals surface area contributed by atoms with E-state index in [2.05, 4.69) is 10.3 Å². The molecule has 0 unspecified atom stereocenters. The highest BCUT2D eigenvalue weighted by Gasteiger charge is 2.24. The zero-order valence-electron chi connectivity index (χ0n) is 20.1. The maximum Gasteiger partial charge on any atom is 0.267 e. The summed E-state index contributed by atoms with van der Waals surface area (Å²) in [5.74, 6) is -1.43. The van der Waals surface area contributed by atoms with E-state index in [-0.39, 0.29) is 42.5 Å². The number of nitrogens with one attached hydrogen (secondary N) is 1. The van der Waals surface area contributed by atoms with Gasteiger partial charge in [-0.05, 0) is 48.6 Å². The number of pyridine rings is 2. The van der Waals surface area contributed by atoms with Crippen LogP contribution in [0.2, 0.25) is 0 Å². The van der Waals surface area contributed by atoms with Crippen LogP contribution in [0.5, 0.6) is 5.75 Å². The van der Waals surface area contributed by atoms with Gasteiger partial charge in [0.15, 0.2) is 5.75 Å². The summed E-state index contributed by atoms with van der Waals surface area (Å²) in [5.41, 5.74) is 1.12. The summed E-state index contributed by atoms with van der Waals surface area (Å²) in [6.45, 7) is 1.85. The third kappa shape index (κ3) is 5.54. The van der Waals surface area contributed by atoms with Crippen molar-refractivity contribution in [3.63, 3.8) is 0 Å². The van der Waals surface area contributed by atoms with Crippen molar-refractivity contribution in [1.29, 1.82) is 0 Å². The highest BCUT2D eigenvalue weighted by atomic mass is 19.1. The molecule has 9 nitrogen and oxygen atoms in total. The number of ether oxygens (including phenoxy) is 1. The number of hydrogen-bond donors (Lipinski definition) is 2. The lowest BCUT2D eigenvalue weighted by Gasteiger charge is -2.18. The van der Waals surface area contributed by atoms with Gasteiger partial charge < -0.3 is 24.6 Å². The summed E-state index contributed by atoms with van der Waals surface area (Å²) < 4.78 is 19.7. The van der Waals surface area contributed by atoms with E-state index < -0.39 is 17.2 Å². The molecule has 0 bridgehead atoms. The number of methoxy groups -OCH3 is 1. The molecule has 36 heavy (non-hydrogen) atoms. The van der Waals surface area contributed by atoms with Crippen LogP contribution >= 0.6 is 0 Å². The van der Waals surface area contributed by atoms with Gasteiger partial charge in [0, 0.05) is 45.9 Å². The van der Waals surface area contributed by atoms with Crippen LogP contribution < -0.4 is 10.9 Å². The second kappa shape index (κ2) is 11.3. The van der Waals surface area contributed by atoms with Crippen LogP contribution in [0, 0.1) is 5.82 Å². The number of amides is 2. The lowest BCUT2D eigenvalue weighted by molar-refractivity contribution is -0.127. The third-order valence-electron chi connectivity index (χ3n) is 6.26. The minimum Gasteiger partial charge on any atom is -0.505 e. The smallest absolute Gasteiger partial charge is 0.267 e. The topological polar surface area (TPSA) is 114 Å². The predicted octanol–water partition coefficient (Wildman–Crippen LogP) is 2.22. The van der Waals surface area contributed by atoms with Crippen LogP contribution in [-0.4, -0.2) is 64.7 Å². The SMILES string of the molecule is COCCNC(=O)c1c(O)c2ncc(Cc3ccc(F)cc3)cc2n(CCCN2CCCC2=O)c1=O. The Labute approximate surface area is 207 Å². The van der Waals surface area contributed by atoms with Gasteiger partial charge in [-0.2, -0.15) is 0 Å². The Morgan fingerprint density at radius 2 is 1.97 bits per heavy atom. The van der Waals surface area contributed by atoms with Gasteiger partial charge in [-0.15, -0.1) is 0 Å². The zero-order valence-corrected chi connectivity index (χ0v) is 20.1. The average molecular weight is 497 g/mol. The maximum atomic E-state index is 13.4. The van der Waals surface area contributed by atoms with Gasteiger partial charge >= 0.3 is 0 Å². The highest BCUT2D eigenvalue weighted by Crippen LogP contribution is 2.26. The van der Waals surface area contributed by atoms with Crippen molar-refractivity contribution in [2.45, 2.75) is 32.2 Å². The van der Waals surface area contributed by atoms with Crippen molar-refractivity contribution in [3.8, 4) is 5.75 Å². The Morgan fingerprint density at radius 1 is 1.19 bits per heavy atom. The summed E-state index contributed by atoms with van der Waals surface area (Å²) in [6.07, 6.45) is 3.86. The Morgan fingerprint density at radius 3 is 2.67 bits per heavy atom. The van der Waals surface area contributed by atoms with Crippen molar-refractivity contribution in [2.24, 2.45) is 0 Å². The van der Waals surface area contributed by atoms with Crippen LogP contribution in [0.3, 0.4) is 0 Å². The van der Waals surface area contributed by atoms with E-state index in [0.717, 1.165) is 17.5 Å². The summed E-state index contributed by atoms with van der Waals surface area (Å²) in [4.78, 5) is 44.3. The van der Waals surface area contributed by atoms with E-state index in [9.17, 15) is 23.9 Å². The first kappa shape index (κ1) is 25.3. The molecular weight excluding hydrogens is 467 g/mol. The number of fused-ring (bicyclic) bond motifs is 1. The van der Waals surface area contributed by atoms with Crippen LogP contribution in [0.15, 0.2) is 41.3 Å². The van der Waals surface area contributed by atoms with Crippen molar-refractivity contribution < 1.29 is 23.8 Å². The number of hydrogen-bond acceptors (Lipinski definition) is 6. The third-order valence-corrected chi connectivity index (χ3v) is 6.26. The number of rotatable bonds is 10. The molecule has 0 spiro atoms. The first-order valence-electron chi connectivity index (χ1n) is 11.9. The lowest BCUT2D eigenvalue weighted by Crippen LogP contribution is -2.35. The van der Waals surface area contributed by atoms with Crippen molar-refractivity contribution in [3.05, 3.63) is 69.4 Å². The monoisotopic (exact) mass is 496 g/mol. The van der Waals surface area contributed by atoms with Gasteiger partial charge in [-0.25, -0.2) is 4.39 Å². The molecule has 1 aromatic carbocycles. The number of aryl methyl sites for hydroxylation is 1. The van der Waals surface area contributed by atoms with Gasteiger partial charge in [0.1, 0.15) is 16.9 Å². The Hall–Kier alpha value is -3.79. The molecule has 10 heteroatoms. The first-order valence-corrected chi connectivity index (χ1v) is 11.9. The molecule has 1 fully saturated rings. The van der Waals surface area contributed by atoms with Crippen LogP contribution in [0.25, 0.3) is 11.0 Å². The molecule has 0 saturated carbocycles. The number of nitrogens with zero attached hydrogens (tertiary/aromatic N) is 3. The first-order chi connectivity index (χ1) is 17.4. The van der Waals surface area contributed by atoms with E-state index in [1.807, 2.05) is 0 Å². The largest absolute Gasteiger partial charge is 0.505 e. The number of likely N-dealkylation sites (tertiary alicyclic amines) is 1. The molecule has 0 radical (unpaired) electrons. The molecule has 1 aliphatic heterocycles. The second-order valence-corrected chi connectivity index (χ2v) is 8.78. The van der Waals surface area contributed by atoms with E-state index in [1.165, 1.54) is 23.8 Å². The fourth-order valence-corrected chi connectivity index (χ4v) is 4.42. The molecule has 2 aromatic heterocycles. The van der Waals surface area contributed by atoms with Crippen LogP contribution in [-0.2, 0) is 22.5 Å². The number of aromatic nitrogens is 2. The van der Waals surface area contributed by atoms with Gasteiger partial charge in [-0.3, -0.25) is 19.4 Å². The van der Waals surface area contributed by atoms with Crippen LogP contribution in [0.4, 0.5) is 4.39 Å². The molecule has 4 rings (SSSR count). The molecule has 3 heterocycles. The molecule has 3 aromatic rings. The molecule has 0 atom stereocenters. The molecule has 1 saturated heterocycles. The van der Waals surface area contributed by atoms with E-state index >= 15 is 0 Å². The minimum atomic E-state index is -0.711. The lowest BCUT2D eigenvalue weighted by atomic mass is 10.1. The van der Waals surface area contributed by atoms with Crippen LogP contribution in [0.1, 0.15) is 40.7 Å². The van der Waals surface area contributed by atoms with E-state index in [0.29, 0.717) is 37.9 Å². The second-order valence-electron chi connectivity index (χ2n) is 8.78. The standard InChI is InChI=1S/C26H29FN4O5/c1-36-13-9-28-25(34)22-24(33)23-20(15-18(16-29-23)14-17-5-7-19(27)8-6-17)31(26(22)35)12-3-11-30-10-2-4-21(30)32/h5-8,15-16,33H,2-4,9-14H2,1H3,(H,28,34). The number of halogens is 1.